The van der Waals surface area contributed by atoms with E-state index in [-0.39, 0.29) is 25.5 Å². The van der Waals surface area contributed by atoms with Gasteiger partial charge in [0.1, 0.15) is 0 Å². The number of nitrogens with zero attached hydrogens (tertiary/aromatic N) is 1. The molecular weight excluding hydrogens is 468 g/mol. The highest BCUT2D eigenvalue weighted by molar-refractivity contribution is 9.10. The number of halogens is 1. The Morgan fingerprint density at radius 3 is 2.39 bits per heavy atom. The number of hydrogen-bond acceptors (Lipinski definition) is 6. The van der Waals surface area contributed by atoms with Crippen molar-refractivity contribution in [3.05, 3.63) is 58.6 Å². The van der Waals surface area contributed by atoms with E-state index < -0.39 is 30.4 Å². The smallest absolute Gasteiger partial charge is 0.338 e. The van der Waals surface area contributed by atoms with Gasteiger partial charge in [0, 0.05) is 28.8 Å². The third-order valence-electron chi connectivity index (χ3n) is 4.62. The standard InChI is InChI=1S/C22H21BrN2O6/c1-2-30-21(28)14-3-7-17(8-4-14)24-19(26)13-31-22(29)15-11-20(27)25(12-15)18-9-5-16(23)6-10-18/h3-10,15H,2,11-13H2,1H3,(H,24,26). The van der Waals surface area contributed by atoms with Crippen molar-refractivity contribution in [1.82, 2.24) is 0 Å². The van der Waals surface area contributed by atoms with Gasteiger partial charge in [-0.3, -0.25) is 14.4 Å². The molecule has 1 fully saturated rings. The largest absolute Gasteiger partial charge is 0.462 e. The summed E-state index contributed by atoms with van der Waals surface area (Å²) in [6.45, 7) is 1.72. The Morgan fingerprint density at radius 1 is 1.06 bits per heavy atom. The summed E-state index contributed by atoms with van der Waals surface area (Å²) in [5.74, 6) is -2.37. The maximum absolute atomic E-state index is 12.3. The molecule has 0 radical (unpaired) electrons. The third-order valence-corrected chi connectivity index (χ3v) is 5.15. The maximum Gasteiger partial charge on any atom is 0.338 e. The van der Waals surface area contributed by atoms with Crippen molar-refractivity contribution >= 4 is 51.1 Å². The molecule has 1 unspecified atom stereocenters. The quantitative estimate of drug-likeness (QED) is 0.600. The number of amides is 2. The van der Waals surface area contributed by atoms with Crippen LogP contribution in [-0.4, -0.2) is 43.5 Å². The van der Waals surface area contributed by atoms with Gasteiger partial charge in [-0.15, -0.1) is 0 Å². The summed E-state index contributed by atoms with van der Waals surface area (Å²) in [5.41, 5.74) is 1.52. The summed E-state index contributed by atoms with van der Waals surface area (Å²) >= 11 is 3.34. The third kappa shape index (κ3) is 5.91. The van der Waals surface area contributed by atoms with E-state index in [9.17, 15) is 19.2 Å². The van der Waals surface area contributed by atoms with Crippen LogP contribution in [0.4, 0.5) is 11.4 Å². The molecule has 2 amide bonds. The minimum absolute atomic E-state index is 0.0336. The van der Waals surface area contributed by atoms with E-state index in [1.54, 1.807) is 31.2 Å². The number of esters is 2. The predicted molar refractivity (Wildman–Crippen MR) is 117 cm³/mol. The van der Waals surface area contributed by atoms with Crippen LogP contribution in [0.5, 0.6) is 0 Å². The lowest BCUT2D eigenvalue weighted by Gasteiger charge is -2.16. The van der Waals surface area contributed by atoms with Crippen molar-refractivity contribution in [3.8, 4) is 0 Å². The van der Waals surface area contributed by atoms with Crippen LogP contribution < -0.4 is 10.2 Å². The highest BCUT2D eigenvalue weighted by Crippen LogP contribution is 2.27. The van der Waals surface area contributed by atoms with E-state index in [1.807, 2.05) is 12.1 Å². The number of carbonyl (C=O) groups is 4. The summed E-state index contributed by atoms with van der Waals surface area (Å²) in [6.07, 6.45) is 0.0336. The molecule has 1 N–H and O–H groups in total. The Kier molecular flexibility index (Phi) is 7.41. The lowest BCUT2D eigenvalue weighted by molar-refractivity contribution is -0.151. The average molecular weight is 489 g/mol. The second kappa shape index (κ2) is 10.2. The molecule has 0 saturated carbocycles. The zero-order valence-electron chi connectivity index (χ0n) is 16.8. The number of hydrogen-bond donors (Lipinski definition) is 1. The van der Waals surface area contributed by atoms with Crippen LogP contribution in [0.25, 0.3) is 0 Å². The number of ether oxygens (including phenoxy) is 2. The van der Waals surface area contributed by atoms with Gasteiger partial charge in [0.15, 0.2) is 6.61 Å². The van der Waals surface area contributed by atoms with E-state index in [1.165, 1.54) is 17.0 Å². The van der Waals surface area contributed by atoms with Gasteiger partial charge in [-0.25, -0.2) is 4.79 Å². The van der Waals surface area contributed by atoms with Gasteiger partial charge >= 0.3 is 11.9 Å². The molecule has 2 aromatic carbocycles. The zero-order chi connectivity index (χ0) is 22.4. The molecule has 1 saturated heterocycles. The minimum Gasteiger partial charge on any atom is -0.462 e. The van der Waals surface area contributed by atoms with Gasteiger partial charge < -0.3 is 19.7 Å². The Bertz CT molecular complexity index is 975. The van der Waals surface area contributed by atoms with E-state index in [0.29, 0.717) is 16.9 Å². The summed E-state index contributed by atoms with van der Waals surface area (Å²) in [4.78, 5) is 49.8. The molecule has 3 rings (SSSR count). The molecule has 1 aliphatic heterocycles. The zero-order valence-corrected chi connectivity index (χ0v) is 18.4. The molecule has 0 bridgehead atoms. The van der Waals surface area contributed by atoms with Crippen molar-refractivity contribution in [2.24, 2.45) is 5.92 Å². The van der Waals surface area contributed by atoms with Gasteiger partial charge in [0.05, 0.1) is 18.1 Å². The Balaban J connectivity index is 1.48. The van der Waals surface area contributed by atoms with Crippen molar-refractivity contribution in [3.63, 3.8) is 0 Å². The SMILES string of the molecule is CCOC(=O)c1ccc(NC(=O)COC(=O)C2CC(=O)N(c3ccc(Br)cc3)C2)cc1. The van der Waals surface area contributed by atoms with Gasteiger partial charge in [0.2, 0.25) is 5.91 Å². The van der Waals surface area contributed by atoms with Crippen LogP contribution in [0.2, 0.25) is 0 Å². The van der Waals surface area contributed by atoms with Crippen LogP contribution in [0.15, 0.2) is 53.0 Å². The molecule has 2 aromatic rings. The Morgan fingerprint density at radius 2 is 1.74 bits per heavy atom. The number of anilines is 2. The number of rotatable bonds is 7. The molecule has 8 nitrogen and oxygen atoms in total. The first-order valence-corrected chi connectivity index (χ1v) is 10.5. The summed E-state index contributed by atoms with van der Waals surface area (Å²) in [7, 11) is 0. The fourth-order valence-electron chi connectivity index (χ4n) is 3.09. The normalized spacial score (nSPS) is 15.5. The first-order valence-electron chi connectivity index (χ1n) is 9.67. The molecule has 0 spiro atoms. The number of nitrogens with one attached hydrogen (secondary N) is 1. The van der Waals surface area contributed by atoms with Crippen molar-refractivity contribution in [1.29, 1.82) is 0 Å². The first kappa shape index (κ1) is 22.5. The lowest BCUT2D eigenvalue weighted by Crippen LogP contribution is -2.28. The minimum atomic E-state index is -0.632. The lowest BCUT2D eigenvalue weighted by atomic mass is 10.1. The topological polar surface area (TPSA) is 102 Å². The van der Waals surface area contributed by atoms with E-state index >= 15 is 0 Å². The number of benzene rings is 2. The first-order chi connectivity index (χ1) is 14.9. The molecule has 1 atom stereocenters. The number of carbonyl (C=O) groups excluding carboxylic acids is 4. The van der Waals surface area contributed by atoms with Gasteiger partial charge in [-0.2, -0.15) is 0 Å². The fraction of sp³-hybridized carbons (Fsp3) is 0.273. The highest BCUT2D eigenvalue weighted by Gasteiger charge is 2.36. The van der Waals surface area contributed by atoms with Crippen molar-refractivity contribution in [2.75, 3.05) is 30.0 Å². The summed E-state index contributed by atoms with van der Waals surface area (Å²) in [5, 5.41) is 2.58. The maximum atomic E-state index is 12.3. The van der Waals surface area contributed by atoms with Gasteiger partial charge in [0.25, 0.3) is 5.91 Å². The van der Waals surface area contributed by atoms with Crippen LogP contribution in [0.3, 0.4) is 0 Å². The fourth-order valence-corrected chi connectivity index (χ4v) is 3.36. The molecular formula is C22H21BrN2O6. The van der Waals surface area contributed by atoms with Crippen LogP contribution in [-0.2, 0) is 23.9 Å². The Labute approximate surface area is 187 Å². The predicted octanol–water partition coefficient (Wildman–Crippen LogP) is 3.16. The van der Waals surface area contributed by atoms with Gasteiger partial charge in [-0.1, -0.05) is 15.9 Å². The molecule has 0 aromatic heterocycles. The Hall–Kier alpha value is -3.20. The highest BCUT2D eigenvalue weighted by atomic mass is 79.9. The molecule has 31 heavy (non-hydrogen) atoms. The summed E-state index contributed by atoms with van der Waals surface area (Å²) < 4.78 is 10.9. The summed E-state index contributed by atoms with van der Waals surface area (Å²) in [6, 6.07) is 13.4. The van der Waals surface area contributed by atoms with E-state index in [2.05, 4.69) is 21.2 Å². The van der Waals surface area contributed by atoms with Crippen LogP contribution in [0, 0.1) is 5.92 Å². The monoisotopic (exact) mass is 488 g/mol. The van der Waals surface area contributed by atoms with Gasteiger partial charge in [-0.05, 0) is 55.5 Å². The average Bonchev–Trinajstić information content (AvgIpc) is 3.15. The van der Waals surface area contributed by atoms with Crippen molar-refractivity contribution < 1.29 is 28.7 Å². The molecule has 1 aliphatic rings. The van der Waals surface area contributed by atoms with Crippen LogP contribution >= 0.6 is 15.9 Å². The molecule has 0 aliphatic carbocycles. The second-order valence-corrected chi connectivity index (χ2v) is 7.75. The molecule has 1 heterocycles. The molecule has 9 heteroatoms. The van der Waals surface area contributed by atoms with Crippen molar-refractivity contribution in [2.45, 2.75) is 13.3 Å². The second-order valence-electron chi connectivity index (χ2n) is 6.84. The van der Waals surface area contributed by atoms with E-state index in [0.717, 1.165) is 4.47 Å². The van der Waals surface area contributed by atoms with Crippen LogP contribution in [0.1, 0.15) is 23.7 Å². The van der Waals surface area contributed by atoms with E-state index in [4.69, 9.17) is 9.47 Å². The molecule has 162 valence electrons.